The minimum atomic E-state index is -4.28. The maximum Gasteiger partial charge on any atom is 0.409 e. The molecule has 0 saturated carbocycles. The van der Waals surface area contributed by atoms with Crippen molar-refractivity contribution in [2.45, 2.75) is 29.3 Å². The van der Waals surface area contributed by atoms with E-state index in [9.17, 15) is 28.0 Å². The van der Waals surface area contributed by atoms with Crippen LogP contribution < -0.4 is 15.0 Å². The summed E-state index contributed by atoms with van der Waals surface area (Å²) in [6.45, 7) is -0.133. The first kappa shape index (κ1) is 28.3. The molecule has 2 atom stereocenters. The maximum atomic E-state index is 13.8. The number of piperazine rings is 1. The first-order valence-electron chi connectivity index (χ1n) is 12.0. The van der Waals surface area contributed by atoms with E-state index in [1.54, 1.807) is 17.6 Å². The number of carbonyl (C=O) groups is 3. The van der Waals surface area contributed by atoms with E-state index in [4.69, 9.17) is 18.9 Å². The molecular weight excluding hydrogens is 534 g/mol. The number of nitrogens with one attached hydrogen (secondary N) is 1. The lowest BCUT2D eigenvalue weighted by Gasteiger charge is -2.45. The molecule has 0 spiro atoms. The Labute approximate surface area is 225 Å². The number of hydrogen-bond acceptors (Lipinski definition) is 10. The van der Waals surface area contributed by atoms with Gasteiger partial charge in [0.1, 0.15) is 23.6 Å². The van der Waals surface area contributed by atoms with Crippen molar-refractivity contribution in [3.63, 3.8) is 0 Å². The van der Waals surface area contributed by atoms with Gasteiger partial charge in [0.15, 0.2) is 0 Å². The number of hydrogen-bond donors (Lipinski definition) is 2. The highest BCUT2D eigenvalue weighted by atomic mass is 32.2. The highest BCUT2D eigenvalue weighted by Crippen LogP contribution is 2.43. The minimum Gasteiger partial charge on any atom is -0.497 e. The number of rotatable bonds is 9. The fraction of sp³-hybridized carbons (Fsp3) is 0.400. The quantitative estimate of drug-likeness (QED) is 0.150. The molecule has 2 aliphatic heterocycles. The Morgan fingerprint density at radius 1 is 1.03 bits per heavy atom. The van der Waals surface area contributed by atoms with Crippen LogP contribution in [0, 0.1) is 0 Å². The Hall–Kier alpha value is -3.72. The summed E-state index contributed by atoms with van der Waals surface area (Å²) in [6.07, 6.45) is -0.344. The van der Waals surface area contributed by atoms with Crippen molar-refractivity contribution < 1.29 is 47.0 Å². The van der Waals surface area contributed by atoms with E-state index in [2.05, 4.69) is 0 Å². The van der Waals surface area contributed by atoms with Gasteiger partial charge < -0.3 is 23.8 Å². The van der Waals surface area contributed by atoms with Crippen LogP contribution in [0.15, 0.2) is 53.4 Å². The lowest BCUT2D eigenvalue weighted by molar-refractivity contribution is -0.141. The molecule has 2 unspecified atom stereocenters. The van der Waals surface area contributed by atoms with E-state index in [0.29, 0.717) is 5.75 Å². The van der Waals surface area contributed by atoms with Gasteiger partial charge in [0.05, 0.1) is 30.7 Å². The highest BCUT2D eigenvalue weighted by Gasteiger charge is 2.61. The normalized spacial score (nSPS) is 20.8. The zero-order valence-corrected chi connectivity index (χ0v) is 22.2. The molecule has 2 N–H and O–H groups in total. The number of sulfonamides is 1. The van der Waals surface area contributed by atoms with Gasteiger partial charge in [0.25, 0.3) is 5.91 Å². The Kier molecular flexibility index (Phi) is 8.39. The number of benzene rings is 2. The molecule has 2 aromatic rings. The molecule has 13 nitrogen and oxygen atoms in total. The Morgan fingerprint density at radius 3 is 2.31 bits per heavy atom. The molecule has 2 aliphatic rings. The van der Waals surface area contributed by atoms with Gasteiger partial charge in [-0.1, -0.05) is 0 Å². The van der Waals surface area contributed by atoms with Gasteiger partial charge in [-0.05, 0) is 61.4 Å². The topological polar surface area (TPSA) is 161 Å². The van der Waals surface area contributed by atoms with Crippen LogP contribution in [0.4, 0.5) is 4.79 Å². The number of nitrogens with zero attached hydrogens (tertiary/aromatic N) is 2. The second-order valence-electron chi connectivity index (χ2n) is 9.04. The molecule has 2 bridgehead atoms. The summed E-state index contributed by atoms with van der Waals surface area (Å²) in [4.78, 5) is 39.0. The molecule has 0 aliphatic carbocycles. The fourth-order valence-electron chi connectivity index (χ4n) is 4.88. The van der Waals surface area contributed by atoms with E-state index in [-0.39, 0.29) is 55.4 Å². The molecule has 39 heavy (non-hydrogen) atoms. The van der Waals surface area contributed by atoms with Crippen LogP contribution in [0.3, 0.4) is 0 Å². The third kappa shape index (κ3) is 5.54. The summed E-state index contributed by atoms with van der Waals surface area (Å²) in [7, 11) is -1.32. The number of ether oxygens (including phenoxy) is 4. The molecule has 2 aromatic carbocycles. The Bertz CT molecular complexity index is 1320. The minimum absolute atomic E-state index is 0.00304. The fourth-order valence-corrected chi connectivity index (χ4v) is 6.84. The van der Waals surface area contributed by atoms with Crippen molar-refractivity contribution in [3.8, 4) is 11.5 Å². The zero-order valence-electron chi connectivity index (χ0n) is 21.4. The van der Waals surface area contributed by atoms with Gasteiger partial charge in [0, 0.05) is 19.7 Å². The average molecular weight is 564 g/mol. The maximum absolute atomic E-state index is 13.8. The highest BCUT2D eigenvalue weighted by molar-refractivity contribution is 7.89. The number of likely N-dealkylation sites (tertiary alicyclic amines) is 1. The molecule has 0 aromatic heterocycles. The molecule has 4 rings (SSSR count). The van der Waals surface area contributed by atoms with Crippen molar-refractivity contribution in [1.82, 2.24) is 14.7 Å². The molecule has 0 radical (unpaired) electrons. The second-order valence-corrected chi connectivity index (χ2v) is 10.9. The van der Waals surface area contributed by atoms with Crippen LogP contribution in [0.25, 0.3) is 0 Å². The summed E-state index contributed by atoms with van der Waals surface area (Å²) in [5.41, 5.74) is 0.100. The predicted octanol–water partition coefficient (Wildman–Crippen LogP) is 1.41. The van der Waals surface area contributed by atoms with Crippen LogP contribution in [-0.4, -0.2) is 92.9 Å². The average Bonchev–Trinajstić information content (AvgIpc) is 3.21. The van der Waals surface area contributed by atoms with Crippen LogP contribution in [-0.2, 0) is 24.3 Å². The number of amides is 2. The monoisotopic (exact) mass is 563 g/mol. The zero-order chi connectivity index (χ0) is 28.2. The van der Waals surface area contributed by atoms with Crippen LogP contribution in [0.1, 0.15) is 23.2 Å². The van der Waals surface area contributed by atoms with Gasteiger partial charge in [-0.3, -0.25) is 10.0 Å². The van der Waals surface area contributed by atoms with Gasteiger partial charge in [-0.25, -0.2) is 23.5 Å². The number of esters is 1. The van der Waals surface area contributed by atoms with Gasteiger partial charge in [0.2, 0.25) is 10.0 Å². The molecule has 2 saturated heterocycles. The molecule has 210 valence electrons. The van der Waals surface area contributed by atoms with Crippen molar-refractivity contribution in [1.29, 1.82) is 0 Å². The number of hydroxylamine groups is 1. The molecule has 14 heteroatoms. The number of methoxy groups -OCH3 is 2. The van der Waals surface area contributed by atoms with Crippen molar-refractivity contribution in [2.24, 2.45) is 0 Å². The van der Waals surface area contributed by atoms with Crippen LogP contribution in [0.2, 0.25) is 0 Å². The summed E-state index contributed by atoms with van der Waals surface area (Å²) < 4.78 is 49.0. The van der Waals surface area contributed by atoms with Crippen molar-refractivity contribution in [3.05, 3.63) is 54.1 Å². The molecule has 2 heterocycles. The lowest BCUT2D eigenvalue weighted by atomic mass is 9.96. The summed E-state index contributed by atoms with van der Waals surface area (Å²) in [6, 6.07) is 10.8. The van der Waals surface area contributed by atoms with Gasteiger partial charge in [-0.15, -0.1) is 0 Å². The Balaban J connectivity index is 1.54. The van der Waals surface area contributed by atoms with E-state index in [1.165, 1.54) is 55.5 Å². The van der Waals surface area contributed by atoms with Crippen molar-refractivity contribution in [2.75, 3.05) is 40.5 Å². The standard InChI is InChI=1S/C25H29N3O10S/c1-35-13-14-37-24(31)27-15-18-11-12-25(16-27,23(30)26-32)28(18)39(33,34)21-9-7-20(8-10-21)38-22(29)17-3-5-19(36-2)6-4-17/h3-10,18,32H,11-16H2,1-2H3,(H,26,30). The summed E-state index contributed by atoms with van der Waals surface area (Å²) in [5, 5.41) is 9.47. The SMILES string of the molecule is COCCOC(=O)N1CC2CCC(C(=O)NO)(C1)N2S(=O)(=O)c1ccc(OC(=O)c2ccc(OC)cc2)cc1. The third-order valence-corrected chi connectivity index (χ3v) is 8.77. The van der Waals surface area contributed by atoms with Gasteiger partial charge >= 0.3 is 12.1 Å². The van der Waals surface area contributed by atoms with Crippen LogP contribution in [0.5, 0.6) is 11.5 Å². The summed E-state index contributed by atoms with van der Waals surface area (Å²) in [5.74, 6) is -0.901. The molecular formula is C25H29N3O10S. The van der Waals surface area contributed by atoms with Crippen LogP contribution >= 0.6 is 0 Å². The van der Waals surface area contributed by atoms with Crippen molar-refractivity contribution >= 4 is 28.0 Å². The largest absolute Gasteiger partial charge is 0.497 e. The lowest BCUT2D eigenvalue weighted by Crippen LogP contribution is -2.69. The Morgan fingerprint density at radius 2 is 1.69 bits per heavy atom. The second kappa shape index (κ2) is 11.6. The predicted molar refractivity (Wildman–Crippen MR) is 134 cm³/mol. The first-order chi connectivity index (χ1) is 18.7. The van der Waals surface area contributed by atoms with E-state index < -0.39 is 39.6 Å². The number of fused-ring (bicyclic) bond motifs is 2. The van der Waals surface area contributed by atoms with Gasteiger partial charge in [-0.2, -0.15) is 4.31 Å². The molecule has 2 amide bonds. The van der Waals surface area contributed by atoms with E-state index >= 15 is 0 Å². The first-order valence-corrected chi connectivity index (χ1v) is 13.5. The van der Waals surface area contributed by atoms with E-state index in [1.807, 2.05) is 0 Å². The smallest absolute Gasteiger partial charge is 0.409 e. The van der Waals surface area contributed by atoms with E-state index in [0.717, 1.165) is 4.31 Å². The summed E-state index contributed by atoms with van der Waals surface area (Å²) >= 11 is 0. The third-order valence-electron chi connectivity index (χ3n) is 6.74. The molecule has 2 fully saturated rings. The number of carbonyl (C=O) groups excluding carboxylic acids is 3.